The first-order valence-electron chi connectivity index (χ1n) is 7.19. The van der Waals surface area contributed by atoms with E-state index in [1.807, 2.05) is 0 Å². The molecule has 1 fully saturated rings. The van der Waals surface area contributed by atoms with Crippen molar-refractivity contribution in [1.29, 1.82) is 0 Å². The van der Waals surface area contributed by atoms with Crippen molar-refractivity contribution in [2.45, 2.75) is 6.42 Å². The van der Waals surface area contributed by atoms with Crippen LogP contribution in [0.2, 0.25) is 0 Å². The number of methoxy groups -OCH3 is 1. The van der Waals surface area contributed by atoms with E-state index in [1.54, 1.807) is 19.2 Å². The molecule has 1 saturated heterocycles. The van der Waals surface area contributed by atoms with Crippen LogP contribution in [0.5, 0.6) is 0 Å². The van der Waals surface area contributed by atoms with Crippen LogP contribution in [-0.4, -0.2) is 56.7 Å². The fourth-order valence-electron chi connectivity index (χ4n) is 2.26. The average molecular weight is 309 g/mol. The summed E-state index contributed by atoms with van der Waals surface area (Å²) in [7, 11) is 1.61. The second kappa shape index (κ2) is 7.74. The highest BCUT2D eigenvalue weighted by Gasteiger charge is 2.30. The number of carbonyl (C=O) groups excluding carboxylic acids is 2. The highest BCUT2D eigenvalue weighted by Crippen LogP contribution is 2.20. The number of nitrogens with zero attached hydrogens (tertiary/aromatic N) is 2. The van der Waals surface area contributed by atoms with Gasteiger partial charge in [-0.05, 0) is 30.7 Å². The number of ether oxygens (including phenoxy) is 1. The summed E-state index contributed by atoms with van der Waals surface area (Å²) in [4.78, 5) is 27.1. The van der Waals surface area contributed by atoms with Gasteiger partial charge in [0.2, 0.25) is 5.91 Å². The van der Waals surface area contributed by atoms with E-state index in [-0.39, 0.29) is 24.3 Å². The Hall–Kier alpha value is -2.15. The molecule has 0 bridgehead atoms. The summed E-state index contributed by atoms with van der Waals surface area (Å²) in [6, 6.07) is 5.50. The summed E-state index contributed by atoms with van der Waals surface area (Å²) >= 11 is 0. The van der Waals surface area contributed by atoms with Gasteiger partial charge in [-0.15, -0.1) is 0 Å². The number of halogens is 1. The lowest BCUT2D eigenvalue weighted by Gasteiger charge is -2.18. The highest BCUT2D eigenvalue weighted by atomic mass is 19.1. The summed E-state index contributed by atoms with van der Waals surface area (Å²) in [6.45, 7) is 2.10. The Morgan fingerprint density at radius 2 is 2.05 bits per heavy atom. The lowest BCUT2D eigenvalue weighted by atomic mass is 10.3. The van der Waals surface area contributed by atoms with E-state index in [1.165, 1.54) is 21.9 Å². The molecule has 1 N–H and O–H groups in total. The number of rotatable bonds is 7. The molecule has 0 aliphatic carbocycles. The molecule has 22 heavy (non-hydrogen) atoms. The molecular weight excluding hydrogens is 289 g/mol. The summed E-state index contributed by atoms with van der Waals surface area (Å²) in [6.07, 6.45) is 0.734. The van der Waals surface area contributed by atoms with Gasteiger partial charge in [0.25, 0.3) is 0 Å². The molecule has 2 rings (SSSR count). The van der Waals surface area contributed by atoms with Crippen LogP contribution in [0.15, 0.2) is 24.3 Å². The lowest BCUT2D eigenvalue weighted by Crippen LogP contribution is -2.40. The number of amides is 3. The monoisotopic (exact) mass is 309 g/mol. The Morgan fingerprint density at radius 1 is 1.32 bits per heavy atom. The average Bonchev–Trinajstić information content (AvgIpc) is 2.86. The molecule has 1 aliphatic rings. The maximum absolute atomic E-state index is 12.9. The van der Waals surface area contributed by atoms with Crippen molar-refractivity contribution < 1.29 is 18.7 Å². The zero-order valence-electron chi connectivity index (χ0n) is 12.5. The first-order valence-corrected chi connectivity index (χ1v) is 7.19. The number of benzene rings is 1. The fraction of sp³-hybridized carbons (Fsp3) is 0.467. The molecule has 0 radical (unpaired) electrons. The number of nitrogens with one attached hydrogen (secondary N) is 1. The minimum Gasteiger partial charge on any atom is -0.385 e. The molecule has 1 aromatic carbocycles. The van der Waals surface area contributed by atoms with Gasteiger partial charge in [-0.3, -0.25) is 9.69 Å². The molecule has 0 spiro atoms. The Bertz CT molecular complexity index is 521. The molecule has 0 saturated carbocycles. The van der Waals surface area contributed by atoms with E-state index in [2.05, 4.69) is 5.32 Å². The van der Waals surface area contributed by atoms with Crippen molar-refractivity contribution in [3.8, 4) is 0 Å². The van der Waals surface area contributed by atoms with Crippen LogP contribution in [0.25, 0.3) is 0 Å². The minimum absolute atomic E-state index is 0.0313. The van der Waals surface area contributed by atoms with Gasteiger partial charge in [-0.1, -0.05) is 0 Å². The fourth-order valence-corrected chi connectivity index (χ4v) is 2.26. The maximum Gasteiger partial charge on any atom is 0.325 e. The van der Waals surface area contributed by atoms with Crippen molar-refractivity contribution in [3.63, 3.8) is 0 Å². The number of urea groups is 1. The van der Waals surface area contributed by atoms with Crippen LogP contribution in [0.3, 0.4) is 0 Å². The molecule has 1 aliphatic heterocycles. The van der Waals surface area contributed by atoms with Gasteiger partial charge in [0, 0.05) is 39.0 Å². The van der Waals surface area contributed by atoms with Crippen molar-refractivity contribution in [2.75, 3.05) is 44.8 Å². The van der Waals surface area contributed by atoms with E-state index in [0.717, 1.165) is 6.42 Å². The Morgan fingerprint density at radius 3 is 2.73 bits per heavy atom. The van der Waals surface area contributed by atoms with Crippen molar-refractivity contribution in [1.82, 2.24) is 10.2 Å². The van der Waals surface area contributed by atoms with Crippen LogP contribution in [0.4, 0.5) is 14.9 Å². The van der Waals surface area contributed by atoms with Gasteiger partial charge in [0.05, 0.1) is 0 Å². The van der Waals surface area contributed by atoms with Gasteiger partial charge >= 0.3 is 6.03 Å². The van der Waals surface area contributed by atoms with E-state index >= 15 is 0 Å². The predicted molar refractivity (Wildman–Crippen MR) is 80.2 cm³/mol. The van der Waals surface area contributed by atoms with E-state index in [4.69, 9.17) is 4.74 Å². The third kappa shape index (κ3) is 4.17. The normalized spacial score (nSPS) is 14.5. The smallest absolute Gasteiger partial charge is 0.325 e. The van der Waals surface area contributed by atoms with Crippen molar-refractivity contribution >= 4 is 17.6 Å². The van der Waals surface area contributed by atoms with E-state index < -0.39 is 0 Å². The number of anilines is 1. The molecule has 0 atom stereocenters. The first-order chi connectivity index (χ1) is 10.6. The minimum atomic E-state index is -0.345. The second-order valence-electron chi connectivity index (χ2n) is 5.03. The van der Waals surface area contributed by atoms with Gasteiger partial charge in [0.1, 0.15) is 12.4 Å². The maximum atomic E-state index is 12.9. The quantitative estimate of drug-likeness (QED) is 0.770. The highest BCUT2D eigenvalue weighted by molar-refractivity contribution is 5.96. The van der Waals surface area contributed by atoms with Gasteiger partial charge < -0.3 is 15.0 Å². The topological polar surface area (TPSA) is 61.9 Å². The molecule has 7 heteroatoms. The Balaban J connectivity index is 1.83. The number of hydrogen-bond donors (Lipinski definition) is 1. The van der Waals surface area contributed by atoms with Crippen LogP contribution in [0.1, 0.15) is 6.42 Å². The summed E-state index contributed by atoms with van der Waals surface area (Å²) in [5.41, 5.74) is 0.634. The van der Waals surface area contributed by atoms with Gasteiger partial charge in [0.15, 0.2) is 0 Å². The lowest BCUT2D eigenvalue weighted by molar-refractivity contribution is -0.121. The van der Waals surface area contributed by atoms with E-state index in [9.17, 15) is 14.0 Å². The third-order valence-electron chi connectivity index (χ3n) is 3.42. The van der Waals surface area contributed by atoms with Crippen molar-refractivity contribution in [3.05, 3.63) is 30.1 Å². The molecule has 120 valence electrons. The standard InChI is InChI=1S/C15H20FN3O3/c1-22-10-2-7-17-14(20)11-18-8-9-19(15(18)21)13-5-3-12(16)4-6-13/h3-6H,2,7-11H2,1H3,(H,17,20). The third-order valence-corrected chi connectivity index (χ3v) is 3.42. The molecule has 6 nitrogen and oxygen atoms in total. The van der Waals surface area contributed by atoms with Crippen LogP contribution < -0.4 is 10.2 Å². The largest absolute Gasteiger partial charge is 0.385 e. The Labute approximate surface area is 128 Å². The molecule has 1 heterocycles. The predicted octanol–water partition coefficient (Wildman–Crippen LogP) is 1.22. The van der Waals surface area contributed by atoms with E-state index in [0.29, 0.717) is 31.9 Å². The van der Waals surface area contributed by atoms with Gasteiger partial charge in [-0.25, -0.2) is 9.18 Å². The number of hydrogen-bond acceptors (Lipinski definition) is 3. The Kier molecular flexibility index (Phi) is 5.71. The molecule has 3 amide bonds. The molecule has 1 aromatic rings. The summed E-state index contributed by atoms with van der Waals surface area (Å²) in [5, 5.41) is 2.75. The SMILES string of the molecule is COCCCNC(=O)CN1CCN(c2ccc(F)cc2)C1=O. The van der Waals surface area contributed by atoms with Crippen LogP contribution in [-0.2, 0) is 9.53 Å². The summed E-state index contributed by atoms with van der Waals surface area (Å²) < 4.78 is 17.8. The van der Waals surface area contributed by atoms with Gasteiger partial charge in [-0.2, -0.15) is 0 Å². The molecule has 0 aromatic heterocycles. The second-order valence-corrected chi connectivity index (χ2v) is 5.03. The number of carbonyl (C=O) groups is 2. The molecular formula is C15H20FN3O3. The summed E-state index contributed by atoms with van der Waals surface area (Å²) in [5.74, 6) is -0.534. The molecule has 0 unspecified atom stereocenters. The zero-order chi connectivity index (χ0) is 15.9. The van der Waals surface area contributed by atoms with Crippen LogP contribution in [0, 0.1) is 5.82 Å². The zero-order valence-corrected chi connectivity index (χ0v) is 12.5. The van der Waals surface area contributed by atoms with Crippen molar-refractivity contribution in [2.24, 2.45) is 0 Å². The van der Waals surface area contributed by atoms with Crippen LogP contribution >= 0.6 is 0 Å². The first kappa shape index (κ1) is 16.2.